The van der Waals surface area contributed by atoms with Gasteiger partial charge >= 0.3 is 0 Å². The van der Waals surface area contributed by atoms with E-state index in [2.05, 4.69) is 31.0 Å². The monoisotopic (exact) mass is 218 g/mol. The van der Waals surface area contributed by atoms with Crippen LogP contribution in [0.15, 0.2) is 0 Å². The maximum Gasteiger partial charge on any atom is 0.0107 e. The Morgan fingerprint density at radius 2 is 1.93 bits per heavy atom. The fraction of sp³-hybridized carbons (Fsp3) is 1.00. The second-order valence-corrected chi connectivity index (χ2v) is 4.73. The largest absolute Gasteiger partial charge is 0.316 e. The molecule has 0 bridgehead atoms. The van der Waals surface area contributed by atoms with Gasteiger partial charge in [0.1, 0.15) is 0 Å². The van der Waals surface area contributed by atoms with Crippen LogP contribution >= 0.6 is 11.8 Å². The number of rotatable bonds is 10. The third kappa shape index (κ3) is 8.85. The van der Waals surface area contributed by atoms with Gasteiger partial charge in [-0.1, -0.05) is 20.8 Å². The maximum atomic E-state index is 3.37. The van der Waals surface area contributed by atoms with Crippen LogP contribution in [0, 0.1) is 0 Å². The molecule has 2 nitrogen and oxygen atoms in total. The van der Waals surface area contributed by atoms with Crippen LogP contribution in [-0.4, -0.2) is 49.1 Å². The summed E-state index contributed by atoms with van der Waals surface area (Å²) in [5.74, 6) is 2.57. The lowest BCUT2D eigenvalue weighted by Crippen LogP contribution is -2.32. The van der Waals surface area contributed by atoms with Crippen molar-refractivity contribution in [3.63, 3.8) is 0 Å². The Hall–Kier alpha value is 0.270. The van der Waals surface area contributed by atoms with Crippen LogP contribution in [0.2, 0.25) is 0 Å². The third-order valence-corrected chi connectivity index (χ3v) is 3.25. The Labute approximate surface area is 93.8 Å². The summed E-state index contributed by atoms with van der Waals surface area (Å²) >= 11 is 2.05. The first-order valence-electron chi connectivity index (χ1n) is 5.85. The predicted molar refractivity (Wildman–Crippen MR) is 68.3 cm³/mol. The average Bonchev–Trinajstić information content (AvgIpc) is 2.22. The summed E-state index contributed by atoms with van der Waals surface area (Å²) in [6.07, 6.45) is 1.33. The third-order valence-electron chi connectivity index (χ3n) is 2.27. The molecule has 0 aliphatic rings. The van der Waals surface area contributed by atoms with Crippen molar-refractivity contribution in [3.05, 3.63) is 0 Å². The number of nitrogens with one attached hydrogen (secondary N) is 1. The number of nitrogens with zero attached hydrogens (tertiary/aromatic N) is 1. The first kappa shape index (κ1) is 14.3. The van der Waals surface area contributed by atoms with E-state index < -0.39 is 0 Å². The van der Waals surface area contributed by atoms with Crippen molar-refractivity contribution < 1.29 is 0 Å². The van der Waals surface area contributed by atoms with Gasteiger partial charge in [-0.15, -0.1) is 0 Å². The molecule has 0 atom stereocenters. The van der Waals surface area contributed by atoms with Gasteiger partial charge in [-0.25, -0.2) is 0 Å². The molecule has 0 fully saturated rings. The van der Waals surface area contributed by atoms with Crippen molar-refractivity contribution in [3.8, 4) is 0 Å². The van der Waals surface area contributed by atoms with Crippen LogP contribution in [0.1, 0.15) is 27.2 Å². The molecule has 0 aliphatic carbocycles. The van der Waals surface area contributed by atoms with E-state index in [-0.39, 0.29) is 0 Å². The molecule has 14 heavy (non-hydrogen) atoms. The first-order chi connectivity index (χ1) is 6.85. The fourth-order valence-corrected chi connectivity index (χ4v) is 2.00. The minimum Gasteiger partial charge on any atom is -0.316 e. The quantitative estimate of drug-likeness (QED) is 0.565. The summed E-state index contributed by atoms with van der Waals surface area (Å²) in [6, 6.07) is 0. The van der Waals surface area contributed by atoms with Gasteiger partial charge in [0.25, 0.3) is 0 Å². The van der Waals surface area contributed by atoms with E-state index in [0.29, 0.717) is 0 Å². The van der Waals surface area contributed by atoms with Crippen LogP contribution in [0.5, 0.6) is 0 Å². The molecule has 3 heteroatoms. The zero-order valence-electron chi connectivity index (χ0n) is 10.0. The van der Waals surface area contributed by atoms with Crippen LogP contribution in [-0.2, 0) is 0 Å². The summed E-state index contributed by atoms with van der Waals surface area (Å²) in [7, 11) is 0. The molecule has 0 heterocycles. The highest BCUT2D eigenvalue weighted by Gasteiger charge is 2.00. The van der Waals surface area contributed by atoms with Gasteiger partial charge < -0.3 is 10.2 Å². The van der Waals surface area contributed by atoms with Crippen LogP contribution in [0.25, 0.3) is 0 Å². The normalized spacial score (nSPS) is 11.1. The molecule has 86 valence electrons. The standard InChI is InChI=1S/C11H26N2S/c1-4-12-8-10-13(5-2)9-7-11-14-6-3/h12H,4-11H2,1-3H3. The number of hydrogen-bond donors (Lipinski definition) is 1. The van der Waals surface area contributed by atoms with Gasteiger partial charge in [0, 0.05) is 13.1 Å². The maximum absolute atomic E-state index is 3.37. The van der Waals surface area contributed by atoms with Crippen molar-refractivity contribution >= 4 is 11.8 Å². The van der Waals surface area contributed by atoms with Crippen molar-refractivity contribution in [2.24, 2.45) is 0 Å². The highest BCUT2D eigenvalue weighted by Crippen LogP contribution is 2.02. The molecule has 0 aromatic carbocycles. The van der Waals surface area contributed by atoms with Gasteiger partial charge in [-0.3, -0.25) is 0 Å². The summed E-state index contributed by atoms with van der Waals surface area (Å²) in [5.41, 5.74) is 0. The molecular weight excluding hydrogens is 192 g/mol. The summed E-state index contributed by atoms with van der Waals surface area (Å²) in [6.45, 7) is 12.5. The molecule has 1 N–H and O–H groups in total. The van der Waals surface area contributed by atoms with Gasteiger partial charge in [-0.2, -0.15) is 11.8 Å². The Balaban J connectivity index is 3.28. The molecule has 0 aromatic rings. The average molecular weight is 218 g/mol. The van der Waals surface area contributed by atoms with E-state index in [1.54, 1.807) is 0 Å². The van der Waals surface area contributed by atoms with Gasteiger partial charge in [-0.05, 0) is 37.6 Å². The molecule has 0 spiro atoms. The Morgan fingerprint density at radius 3 is 2.50 bits per heavy atom. The van der Waals surface area contributed by atoms with Crippen LogP contribution in [0.3, 0.4) is 0 Å². The second kappa shape index (κ2) is 11.3. The van der Waals surface area contributed by atoms with E-state index in [4.69, 9.17) is 0 Å². The summed E-state index contributed by atoms with van der Waals surface area (Å²) in [4.78, 5) is 2.53. The lowest BCUT2D eigenvalue weighted by Gasteiger charge is -2.20. The molecule has 0 saturated carbocycles. The van der Waals surface area contributed by atoms with E-state index >= 15 is 0 Å². The SMILES string of the molecule is CCNCCN(CC)CCCSCC. The van der Waals surface area contributed by atoms with Gasteiger partial charge in [0.15, 0.2) is 0 Å². The molecule has 0 aromatic heterocycles. The molecule has 0 unspecified atom stereocenters. The van der Waals surface area contributed by atoms with Crippen LogP contribution in [0.4, 0.5) is 0 Å². The molecule has 0 amide bonds. The van der Waals surface area contributed by atoms with Gasteiger partial charge in [0.2, 0.25) is 0 Å². The molecule has 0 rings (SSSR count). The number of thioether (sulfide) groups is 1. The van der Waals surface area contributed by atoms with Crippen molar-refractivity contribution in [2.45, 2.75) is 27.2 Å². The smallest absolute Gasteiger partial charge is 0.0107 e. The topological polar surface area (TPSA) is 15.3 Å². The zero-order valence-corrected chi connectivity index (χ0v) is 10.8. The lowest BCUT2D eigenvalue weighted by molar-refractivity contribution is 0.289. The Morgan fingerprint density at radius 1 is 1.14 bits per heavy atom. The van der Waals surface area contributed by atoms with Gasteiger partial charge in [0.05, 0.1) is 0 Å². The summed E-state index contributed by atoms with van der Waals surface area (Å²) < 4.78 is 0. The van der Waals surface area contributed by atoms with Crippen LogP contribution < -0.4 is 5.32 Å². The first-order valence-corrected chi connectivity index (χ1v) is 7.01. The van der Waals surface area contributed by atoms with E-state index in [9.17, 15) is 0 Å². The van der Waals surface area contributed by atoms with E-state index in [0.717, 1.165) is 13.1 Å². The van der Waals surface area contributed by atoms with Crippen molar-refractivity contribution in [2.75, 3.05) is 44.2 Å². The fourth-order valence-electron chi connectivity index (χ4n) is 1.38. The summed E-state index contributed by atoms with van der Waals surface area (Å²) in [5, 5.41) is 3.37. The number of hydrogen-bond acceptors (Lipinski definition) is 3. The van der Waals surface area contributed by atoms with E-state index in [1.807, 2.05) is 11.8 Å². The highest BCUT2D eigenvalue weighted by atomic mass is 32.2. The minimum absolute atomic E-state index is 1.09. The molecule has 0 radical (unpaired) electrons. The highest BCUT2D eigenvalue weighted by molar-refractivity contribution is 7.99. The predicted octanol–water partition coefficient (Wildman–Crippen LogP) is 2.06. The Kier molecular flexibility index (Phi) is 11.6. The molecule has 0 saturated heterocycles. The minimum atomic E-state index is 1.09. The molecule has 0 aliphatic heterocycles. The lowest BCUT2D eigenvalue weighted by atomic mass is 10.4. The van der Waals surface area contributed by atoms with Crippen molar-refractivity contribution in [1.82, 2.24) is 10.2 Å². The number of likely N-dealkylation sites (N-methyl/N-ethyl adjacent to an activating group) is 2. The second-order valence-electron chi connectivity index (χ2n) is 3.34. The zero-order chi connectivity index (χ0) is 10.6. The molecular formula is C11H26N2S. The van der Waals surface area contributed by atoms with Crippen molar-refractivity contribution in [1.29, 1.82) is 0 Å². The Bertz CT molecular complexity index is 109. The van der Waals surface area contributed by atoms with E-state index in [1.165, 1.54) is 37.6 Å².